The van der Waals surface area contributed by atoms with Crippen molar-refractivity contribution in [1.29, 1.82) is 0 Å². The van der Waals surface area contributed by atoms with Crippen molar-refractivity contribution in [2.24, 2.45) is 5.92 Å². The first-order valence-electron chi connectivity index (χ1n) is 7.34. The van der Waals surface area contributed by atoms with Crippen LogP contribution < -0.4 is 10.6 Å². The van der Waals surface area contributed by atoms with Crippen molar-refractivity contribution >= 4 is 11.8 Å². The molecule has 0 saturated carbocycles. The second-order valence-corrected chi connectivity index (χ2v) is 5.94. The standard InChI is InChI=1S/C14H23N5O2/c1-8(2)13(15-10(4)20)14(21)16-11-5-6-12-18-17-9(3)19(12)7-11/h8,11,13H,5-7H2,1-4H3,(H,15,20)(H,16,21)/t11-,13+/m1/s1. The molecule has 21 heavy (non-hydrogen) atoms. The van der Waals surface area contributed by atoms with Crippen LogP contribution in [0.2, 0.25) is 0 Å². The molecular formula is C14H23N5O2. The van der Waals surface area contributed by atoms with Gasteiger partial charge in [-0.15, -0.1) is 10.2 Å². The van der Waals surface area contributed by atoms with Crippen molar-refractivity contribution in [1.82, 2.24) is 25.4 Å². The van der Waals surface area contributed by atoms with Gasteiger partial charge >= 0.3 is 0 Å². The Labute approximate surface area is 124 Å². The maximum absolute atomic E-state index is 12.4. The van der Waals surface area contributed by atoms with Crippen LogP contribution in [0.4, 0.5) is 0 Å². The van der Waals surface area contributed by atoms with Gasteiger partial charge in [0.1, 0.15) is 17.7 Å². The fraction of sp³-hybridized carbons (Fsp3) is 0.714. The summed E-state index contributed by atoms with van der Waals surface area (Å²) >= 11 is 0. The van der Waals surface area contributed by atoms with E-state index in [4.69, 9.17) is 0 Å². The molecule has 0 bridgehead atoms. The Morgan fingerprint density at radius 3 is 2.67 bits per heavy atom. The number of carbonyl (C=O) groups excluding carboxylic acids is 2. The topological polar surface area (TPSA) is 88.9 Å². The van der Waals surface area contributed by atoms with Gasteiger partial charge in [-0.3, -0.25) is 9.59 Å². The van der Waals surface area contributed by atoms with Crippen LogP contribution in [-0.4, -0.2) is 38.7 Å². The van der Waals surface area contributed by atoms with E-state index < -0.39 is 6.04 Å². The molecule has 116 valence electrons. The van der Waals surface area contributed by atoms with Crippen molar-refractivity contribution in [3.8, 4) is 0 Å². The molecule has 1 aliphatic heterocycles. The molecule has 1 aromatic heterocycles. The summed E-state index contributed by atoms with van der Waals surface area (Å²) in [6.45, 7) is 7.86. The maximum Gasteiger partial charge on any atom is 0.243 e. The third kappa shape index (κ3) is 3.59. The van der Waals surface area contributed by atoms with Gasteiger partial charge in [-0.25, -0.2) is 0 Å². The molecule has 0 unspecified atom stereocenters. The molecule has 7 heteroatoms. The average Bonchev–Trinajstić information content (AvgIpc) is 2.77. The molecule has 1 aromatic rings. The second kappa shape index (κ2) is 6.24. The number of nitrogens with one attached hydrogen (secondary N) is 2. The molecule has 0 saturated heterocycles. The third-order valence-corrected chi connectivity index (χ3v) is 3.79. The number of aryl methyl sites for hydroxylation is 2. The first kappa shape index (κ1) is 15.5. The molecule has 0 aliphatic carbocycles. The summed E-state index contributed by atoms with van der Waals surface area (Å²) in [4.78, 5) is 23.6. The van der Waals surface area contributed by atoms with Gasteiger partial charge in [-0.1, -0.05) is 13.8 Å². The summed E-state index contributed by atoms with van der Waals surface area (Å²) < 4.78 is 2.04. The minimum Gasteiger partial charge on any atom is -0.350 e. The fourth-order valence-corrected chi connectivity index (χ4v) is 2.62. The number of rotatable bonds is 4. The summed E-state index contributed by atoms with van der Waals surface area (Å²) in [6, 6.07) is -0.444. The third-order valence-electron chi connectivity index (χ3n) is 3.79. The van der Waals surface area contributed by atoms with Crippen LogP contribution in [0.5, 0.6) is 0 Å². The minimum atomic E-state index is -0.495. The number of hydrogen-bond donors (Lipinski definition) is 2. The van der Waals surface area contributed by atoms with Gasteiger partial charge in [0.25, 0.3) is 0 Å². The quantitative estimate of drug-likeness (QED) is 0.828. The van der Waals surface area contributed by atoms with Crippen LogP contribution in [-0.2, 0) is 22.6 Å². The molecule has 1 aliphatic rings. The largest absolute Gasteiger partial charge is 0.350 e. The Morgan fingerprint density at radius 2 is 2.05 bits per heavy atom. The predicted octanol–water partition coefficient (Wildman–Crippen LogP) is 0.178. The molecule has 2 rings (SSSR count). The number of carbonyl (C=O) groups is 2. The van der Waals surface area contributed by atoms with Crippen molar-refractivity contribution in [2.45, 2.75) is 59.2 Å². The van der Waals surface area contributed by atoms with Crippen molar-refractivity contribution in [3.05, 3.63) is 11.6 Å². The SMILES string of the molecule is CC(=O)N[C@H](C(=O)N[C@@H]1CCc2nnc(C)n2C1)C(C)C. The first-order valence-corrected chi connectivity index (χ1v) is 7.34. The Bertz CT molecular complexity index is 537. The average molecular weight is 293 g/mol. The lowest BCUT2D eigenvalue weighted by atomic mass is 10.0. The van der Waals surface area contributed by atoms with Gasteiger partial charge in [0, 0.05) is 25.9 Å². The van der Waals surface area contributed by atoms with Crippen LogP contribution in [0.25, 0.3) is 0 Å². The van der Waals surface area contributed by atoms with E-state index in [1.165, 1.54) is 6.92 Å². The zero-order valence-electron chi connectivity index (χ0n) is 13.0. The number of nitrogens with zero attached hydrogens (tertiary/aromatic N) is 3. The molecule has 0 radical (unpaired) electrons. The highest BCUT2D eigenvalue weighted by Gasteiger charge is 2.28. The van der Waals surface area contributed by atoms with E-state index in [1.54, 1.807) is 0 Å². The van der Waals surface area contributed by atoms with Gasteiger partial charge in [0.05, 0.1) is 0 Å². The van der Waals surface area contributed by atoms with Crippen LogP contribution in [0.1, 0.15) is 38.8 Å². The van der Waals surface area contributed by atoms with Crippen LogP contribution in [0, 0.1) is 12.8 Å². The highest BCUT2D eigenvalue weighted by Crippen LogP contribution is 2.15. The second-order valence-electron chi connectivity index (χ2n) is 5.94. The van der Waals surface area contributed by atoms with Crippen molar-refractivity contribution in [2.75, 3.05) is 0 Å². The van der Waals surface area contributed by atoms with Gasteiger partial charge in [0.15, 0.2) is 0 Å². The lowest BCUT2D eigenvalue weighted by Crippen LogP contribution is -2.53. The van der Waals surface area contributed by atoms with Crippen LogP contribution in [0.3, 0.4) is 0 Å². The van der Waals surface area contributed by atoms with Gasteiger partial charge in [0.2, 0.25) is 11.8 Å². The first-order chi connectivity index (χ1) is 9.88. The number of hydrogen-bond acceptors (Lipinski definition) is 4. The van der Waals surface area contributed by atoms with E-state index in [-0.39, 0.29) is 23.8 Å². The Kier molecular flexibility index (Phi) is 4.59. The van der Waals surface area contributed by atoms with E-state index >= 15 is 0 Å². The van der Waals surface area contributed by atoms with Gasteiger partial charge in [-0.05, 0) is 19.3 Å². The molecule has 0 aromatic carbocycles. The lowest BCUT2D eigenvalue weighted by Gasteiger charge is -2.28. The molecule has 2 amide bonds. The summed E-state index contributed by atoms with van der Waals surface area (Å²) in [7, 11) is 0. The highest BCUT2D eigenvalue weighted by molar-refractivity contribution is 5.87. The van der Waals surface area contributed by atoms with E-state index in [0.717, 1.165) is 24.5 Å². The molecule has 2 atom stereocenters. The van der Waals surface area contributed by atoms with E-state index in [0.29, 0.717) is 6.54 Å². The number of aromatic nitrogens is 3. The molecular weight excluding hydrogens is 270 g/mol. The summed E-state index contributed by atoms with van der Waals surface area (Å²) in [5.41, 5.74) is 0. The molecule has 0 fully saturated rings. The van der Waals surface area contributed by atoms with E-state index in [9.17, 15) is 9.59 Å². The zero-order chi connectivity index (χ0) is 15.6. The fourth-order valence-electron chi connectivity index (χ4n) is 2.62. The molecule has 7 nitrogen and oxygen atoms in total. The molecule has 0 spiro atoms. The Balaban J connectivity index is 2.00. The summed E-state index contributed by atoms with van der Waals surface area (Å²) in [6.07, 6.45) is 1.65. The van der Waals surface area contributed by atoms with Crippen LogP contribution >= 0.6 is 0 Å². The summed E-state index contributed by atoms with van der Waals surface area (Å²) in [5, 5.41) is 13.9. The molecule has 2 N–H and O–H groups in total. The normalized spacial score (nSPS) is 19.0. The Morgan fingerprint density at radius 1 is 1.33 bits per heavy atom. The number of fused-ring (bicyclic) bond motifs is 1. The predicted molar refractivity (Wildman–Crippen MR) is 77.5 cm³/mol. The maximum atomic E-state index is 12.4. The van der Waals surface area contributed by atoms with Gasteiger partial charge in [-0.2, -0.15) is 0 Å². The lowest BCUT2D eigenvalue weighted by molar-refractivity contribution is -0.129. The highest BCUT2D eigenvalue weighted by atomic mass is 16.2. The van der Waals surface area contributed by atoms with Crippen LogP contribution in [0.15, 0.2) is 0 Å². The van der Waals surface area contributed by atoms with Gasteiger partial charge < -0.3 is 15.2 Å². The Hall–Kier alpha value is -1.92. The van der Waals surface area contributed by atoms with E-state index in [1.807, 2.05) is 25.3 Å². The molecule has 2 heterocycles. The van der Waals surface area contributed by atoms with Crippen molar-refractivity contribution in [3.63, 3.8) is 0 Å². The minimum absolute atomic E-state index is 0.0460. The zero-order valence-corrected chi connectivity index (χ0v) is 13.0. The van der Waals surface area contributed by atoms with Crippen molar-refractivity contribution < 1.29 is 9.59 Å². The number of amides is 2. The monoisotopic (exact) mass is 293 g/mol. The smallest absolute Gasteiger partial charge is 0.243 e. The summed E-state index contributed by atoms with van der Waals surface area (Å²) in [5.74, 6) is 1.57. The van der Waals surface area contributed by atoms with E-state index in [2.05, 4.69) is 20.8 Å².